The van der Waals surface area contributed by atoms with Crippen molar-refractivity contribution in [3.05, 3.63) is 54.1 Å². The fraction of sp³-hybridized carbons (Fsp3) is 0. The topological polar surface area (TPSA) is 28.7 Å². The second kappa shape index (κ2) is 3.66. The quantitative estimate of drug-likeness (QED) is 0.680. The first-order valence-electron chi connectivity index (χ1n) is 5.14. The van der Waals surface area contributed by atoms with Crippen molar-refractivity contribution < 1.29 is 8.78 Å². The van der Waals surface area contributed by atoms with Crippen LogP contribution < -0.4 is 0 Å². The van der Waals surface area contributed by atoms with Crippen molar-refractivity contribution in [2.24, 2.45) is 0 Å². The van der Waals surface area contributed by atoms with E-state index in [-0.39, 0.29) is 5.56 Å². The zero-order chi connectivity index (χ0) is 11.8. The van der Waals surface area contributed by atoms with Gasteiger partial charge in [0, 0.05) is 0 Å². The molecule has 4 heteroatoms. The number of fused-ring (bicyclic) bond motifs is 1. The lowest BCUT2D eigenvalue weighted by Gasteiger charge is -1.98. The lowest BCUT2D eigenvalue weighted by molar-refractivity contribution is 0.602. The summed E-state index contributed by atoms with van der Waals surface area (Å²) >= 11 is 0. The van der Waals surface area contributed by atoms with Crippen LogP contribution in [0.25, 0.3) is 22.4 Å². The molecule has 3 aromatic rings. The molecule has 1 aromatic heterocycles. The maximum atomic E-state index is 13.6. The van der Waals surface area contributed by atoms with Gasteiger partial charge in [0.05, 0.1) is 16.6 Å². The van der Waals surface area contributed by atoms with E-state index in [4.69, 9.17) is 0 Å². The van der Waals surface area contributed by atoms with Crippen LogP contribution in [0.4, 0.5) is 8.78 Å². The van der Waals surface area contributed by atoms with Crippen molar-refractivity contribution in [1.29, 1.82) is 0 Å². The smallest absolute Gasteiger partial charge is 0.141 e. The number of nitrogens with zero attached hydrogens (tertiary/aromatic N) is 1. The lowest BCUT2D eigenvalue weighted by Crippen LogP contribution is -1.87. The molecule has 0 saturated carbocycles. The molecule has 1 heterocycles. The number of nitrogens with one attached hydrogen (secondary N) is 1. The summed E-state index contributed by atoms with van der Waals surface area (Å²) in [4.78, 5) is 7.18. The van der Waals surface area contributed by atoms with E-state index in [9.17, 15) is 8.78 Å². The maximum Gasteiger partial charge on any atom is 0.141 e. The summed E-state index contributed by atoms with van der Waals surface area (Å²) in [5.41, 5.74) is 1.67. The van der Waals surface area contributed by atoms with E-state index >= 15 is 0 Å². The van der Waals surface area contributed by atoms with Crippen LogP contribution in [0.15, 0.2) is 42.5 Å². The fourth-order valence-electron chi connectivity index (χ4n) is 1.76. The molecule has 0 aliphatic heterocycles. The summed E-state index contributed by atoms with van der Waals surface area (Å²) in [6, 6.07) is 10.7. The second-order valence-corrected chi connectivity index (χ2v) is 3.73. The Labute approximate surface area is 95.9 Å². The zero-order valence-corrected chi connectivity index (χ0v) is 8.74. The summed E-state index contributed by atoms with van der Waals surface area (Å²) in [6.45, 7) is 0. The van der Waals surface area contributed by atoms with Crippen molar-refractivity contribution in [3.63, 3.8) is 0 Å². The third-order valence-corrected chi connectivity index (χ3v) is 2.57. The minimum atomic E-state index is -0.495. The van der Waals surface area contributed by atoms with Crippen LogP contribution in [-0.4, -0.2) is 9.97 Å². The van der Waals surface area contributed by atoms with Crippen LogP contribution >= 0.6 is 0 Å². The Morgan fingerprint density at radius 2 is 1.82 bits per heavy atom. The van der Waals surface area contributed by atoms with E-state index in [1.54, 1.807) is 0 Å². The van der Waals surface area contributed by atoms with Crippen molar-refractivity contribution in [1.82, 2.24) is 9.97 Å². The number of halogens is 2. The number of rotatable bonds is 1. The Kier molecular flexibility index (Phi) is 2.14. The molecule has 0 spiro atoms. The molecular formula is C13H8F2N2. The van der Waals surface area contributed by atoms with Gasteiger partial charge in [0.25, 0.3) is 0 Å². The maximum absolute atomic E-state index is 13.6. The number of imidazole rings is 1. The molecule has 1 N–H and O–H groups in total. The highest BCUT2D eigenvalue weighted by Gasteiger charge is 2.10. The van der Waals surface area contributed by atoms with E-state index in [2.05, 4.69) is 9.97 Å². The van der Waals surface area contributed by atoms with Gasteiger partial charge in [-0.2, -0.15) is 0 Å². The number of hydrogen-bond donors (Lipinski definition) is 1. The Morgan fingerprint density at radius 1 is 1.00 bits per heavy atom. The molecule has 0 saturated heterocycles. The summed E-state index contributed by atoms with van der Waals surface area (Å²) < 4.78 is 26.6. The van der Waals surface area contributed by atoms with Gasteiger partial charge in [0.15, 0.2) is 0 Å². The van der Waals surface area contributed by atoms with Crippen LogP contribution in [0, 0.1) is 11.6 Å². The summed E-state index contributed by atoms with van der Waals surface area (Å²) in [5, 5.41) is 0. The summed E-state index contributed by atoms with van der Waals surface area (Å²) in [7, 11) is 0. The molecule has 3 rings (SSSR count). The van der Waals surface area contributed by atoms with Crippen molar-refractivity contribution in [2.45, 2.75) is 0 Å². The van der Waals surface area contributed by atoms with Gasteiger partial charge in [-0.1, -0.05) is 12.1 Å². The Hall–Kier alpha value is -2.23. The third-order valence-electron chi connectivity index (χ3n) is 2.57. The highest BCUT2D eigenvalue weighted by atomic mass is 19.1. The van der Waals surface area contributed by atoms with Gasteiger partial charge in [-0.05, 0) is 30.3 Å². The number of para-hydroxylation sites is 2. The first-order valence-corrected chi connectivity index (χ1v) is 5.14. The molecule has 0 radical (unpaired) electrons. The molecule has 2 aromatic carbocycles. The molecule has 0 fully saturated rings. The normalized spacial score (nSPS) is 10.9. The van der Waals surface area contributed by atoms with Gasteiger partial charge >= 0.3 is 0 Å². The molecule has 0 aliphatic rings. The standard InChI is InChI=1S/C13H8F2N2/c14-8-5-6-10(15)9(7-8)13-16-11-3-1-2-4-12(11)17-13/h1-7H,(H,16,17). The Bertz CT molecular complexity index is 656. The van der Waals surface area contributed by atoms with Gasteiger partial charge in [0.1, 0.15) is 17.5 Å². The highest BCUT2D eigenvalue weighted by Crippen LogP contribution is 2.23. The number of aromatic amines is 1. The molecule has 0 unspecified atom stereocenters. The first kappa shape index (κ1) is 9.96. The van der Waals surface area contributed by atoms with Crippen LogP contribution in [0.3, 0.4) is 0 Å². The number of benzene rings is 2. The second-order valence-electron chi connectivity index (χ2n) is 3.73. The molecule has 84 valence electrons. The number of aromatic nitrogens is 2. The van der Waals surface area contributed by atoms with Crippen LogP contribution in [0.1, 0.15) is 0 Å². The van der Waals surface area contributed by atoms with Crippen molar-refractivity contribution >= 4 is 11.0 Å². The molecule has 2 nitrogen and oxygen atoms in total. The Morgan fingerprint density at radius 3 is 2.65 bits per heavy atom. The summed E-state index contributed by atoms with van der Waals surface area (Å²) in [5.74, 6) is -0.643. The van der Waals surface area contributed by atoms with Crippen molar-refractivity contribution in [3.8, 4) is 11.4 Å². The largest absolute Gasteiger partial charge is 0.338 e. The van der Waals surface area contributed by atoms with Gasteiger partial charge in [-0.3, -0.25) is 0 Å². The first-order chi connectivity index (χ1) is 8.24. The van der Waals surface area contributed by atoms with E-state index in [0.717, 1.165) is 29.2 Å². The minimum Gasteiger partial charge on any atom is -0.338 e. The van der Waals surface area contributed by atoms with Crippen LogP contribution in [0.5, 0.6) is 0 Å². The predicted molar refractivity (Wildman–Crippen MR) is 61.4 cm³/mol. The van der Waals surface area contributed by atoms with E-state index < -0.39 is 11.6 Å². The molecule has 0 atom stereocenters. The van der Waals surface area contributed by atoms with Gasteiger partial charge < -0.3 is 4.98 Å². The third kappa shape index (κ3) is 1.67. The average molecular weight is 230 g/mol. The van der Waals surface area contributed by atoms with Gasteiger partial charge in [-0.25, -0.2) is 13.8 Å². The van der Waals surface area contributed by atoms with E-state index in [0.29, 0.717) is 5.82 Å². The molecule has 17 heavy (non-hydrogen) atoms. The lowest BCUT2D eigenvalue weighted by atomic mass is 10.2. The van der Waals surface area contributed by atoms with Gasteiger partial charge in [0.2, 0.25) is 0 Å². The molecular weight excluding hydrogens is 222 g/mol. The SMILES string of the molecule is Fc1ccc(F)c(-c2nc3ccccc3[nH]2)c1. The predicted octanol–water partition coefficient (Wildman–Crippen LogP) is 3.51. The van der Waals surface area contributed by atoms with E-state index in [1.165, 1.54) is 0 Å². The van der Waals surface area contributed by atoms with Crippen LogP contribution in [0.2, 0.25) is 0 Å². The monoisotopic (exact) mass is 230 g/mol. The van der Waals surface area contributed by atoms with Gasteiger partial charge in [-0.15, -0.1) is 0 Å². The Balaban J connectivity index is 2.23. The fourth-order valence-corrected chi connectivity index (χ4v) is 1.76. The van der Waals surface area contributed by atoms with Crippen molar-refractivity contribution in [2.75, 3.05) is 0 Å². The number of H-pyrrole nitrogens is 1. The highest BCUT2D eigenvalue weighted by molar-refractivity contribution is 5.79. The van der Waals surface area contributed by atoms with Crippen LogP contribution in [-0.2, 0) is 0 Å². The zero-order valence-electron chi connectivity index (χ0n) is 8.74. The molecule has 0 amide bonds. The average Bonchev–Trinajstić information content (AvgIpc) is 2.75. The molecule has 0 bridgehead atoms. The minimum absolute atomic E-state index is 0.140. The molecule has 0 aliphatic carbocycles. The summed E-state index contributed by atoms with van der Waals surface area (Å²) in [6.07, 6.45) is 0. The van der Waals surface area contributed by atoms with E-state index in [1.807, 2.05) is 24.3 Å². The number of hydrogen-bond acceptors (Lipinski definition) is 1.